The van der Waals surface area contributed by atoms with E-state index in [2.05, 4.69) is 5.32 Å². The molecule has 0 aliphatic carbocycles. The molecule has 4 heterocycles. The molecule has 6 nitrogen and oxygen atoms in total. The molecule has 170 valence electrons. The van der Waals surface area contributed by atoms with Crippen molar-refractivity contribution in [2.75, 3.05) is 19.8 Å². The number of halogens is 1. The molecular weight excluding hydrogens is 480 g/mol. The van der Waals surface area contributed by atoms with Crippen molar-refractivity contribution in [2.24, 2.45) is 5.92 Å². The van der Waals surface area contributed by atoms with E-state index in [4.69, 9.17) is 26.1 Å². The molecule has 33 heavy (non-hydrogen) atoms. The number of amides is 1. The van der Waals surface area contributed by atoms with Gasteiger partial charge in [0.25, 0.3) is 0 Å². The van der Waals surface area contributed by atoms with Gasteiger partial charge in [-0.2, -0.15) is 11.3 Å². The minimum Gasteiger partial charge on any atom is -0.477 e. The van der Waals surface area contributed by atoms with E-state index in [0.717, 1.165) is 5.56 Å². The molecule has 0 radical (unpaired) electrons. The molecule has 5 rings (SSSR count). The molecule has 1 N–H and O–H groups in total. The fourth-order valence-electron chi connectivity index (χ4n) is 3.91. The number of carbonyl (C=O) groups is 2. The predicted octanol–water partition coefficient (Wildman–Crippen LogP) is 4.32. The van der Waals surface area contributed by atoms with Gasteiger partial charge in [0.2, 0.25) is 11.8 Å². The summed E-state index contributed by atoms with van der Waals surface area (Å²) in [5.74, 6) is 0.292. The lowest BCUT2D eigenvalue weighted by atomic mass is 9.79. The van der Waals surface area contributed by atoms with Crippen molar-refractivity contribution >= 4 is 46.4 Å². The fraction of sp³-hybridized carbons (Fsp3) is 0.292. The quantitative estimate of drug-likeness (QED) is 0.487. The van der Waals surface area contributed by atoms with Gasteiger partial charge in [0, 0.05) is 23.3 Å². The fourth-order valence-corrected chi connectivity index (χ4v) is 5.88. The molecule has 0 spiro atoms. The lowest BCUT2D eigenvalue weighted by molar-refractivity contribution is -0.133. The Kier molecular flexibility index (Phi) is 6.42. The number of nitrogens with one attached hydrogen (secondary N) is 1. The van der Waals surface area contributed by atoms with E-state index in [1.54, 1.807) is 12.1 Å². The smallest absolute Gasteiger partial charge is 0.242 e. The van der Waals surface area contributed by atoms with Crippen LogP contribution in [-0.4, -0.2) is 41.7 Å². The number of hydrogen-bond donors (Lipinski definition) is 1. The molecule has 2 aliphatic heterocycles. The number of thiophene rings is 1. The molecule has 2 aliphatic rings. The largest absolute Gasteiger partial charge is 0.477 e. The standard InChI is InChI=1S/C24H21ClN2O4S2/c25-17-4-1-2-5-19(17)33-22-18(28)10-24(27-23(22)29,16-8-9-32-14-16)20-6-3-7-21(26-20)31-13-15-11-30-12-15/h1-9,14-15,22H,10-13H2,(H,27,29). The van der Waals surface area contributed by atoms with Crippen LogP contribution in [0, 0.1) is 5.92 Å². The number of pyridine rings is 1. The van der Waals surface area contributed by atoms with Gasteiger partial charge in [-0.1, -0.05) is 29.8 Å². The molecular formula is C24H21ClN2O4S2. The van der Waals surface area contributed by atoms with Crippen LogP contribution in [0.25, 0.3) is 0 Å². The first-order valence-electron chi connectivity index (χ1n) is 10.5. The molecule has 0 saturated carbocycles. The highest BCUT2D eigenvalue weighted by Crippen LogP contribution is 2.41. The molecule has 2 saturated heterocycles. The molecule has 2 aromatic heterocycles. The molecule has 3 aromatic rings. The van der Waals surface area contributed by atoms with E-state index in [1.807, 2.05) is 47.2 Å². The van der Waals surface area contributed by atoms with Gasteiger partial charge in [-0.25, -0.2) is 4.98 Å². The molecule has 2 fully saturated rings. The van der Waals surface area contributed by atoms with Gasteiger partial charge in [0.15, 0.2) is 5.78 Å². The normalized spacial score (nSPS) is 23.1. The van der Waals surface area contributed by atoms with E-state index in [1.165, 1.54) is 23.1 Å². The lowest BCUT2D eigenvalue weighted by Gasteiger charge is -2.39. The number of benzene rings is 1. The molecule has 0 bridgehead atoms. The van der Waals surface area contributed by atoms with Crippen LogP contribution in [0.3, 0.4) is 0 Å². The van der Waals surface area contributed by atoms with Crippen LogP contribution < -0.4 is 10.1 Å². The zero-order valence-corrected chi connectivity index (χ0v) is 19.9. The van der Waals surface area contributed by atoms with Crippen LogP contribution in [0.15, 0.2) is 64.2 Å². The maximum absolute atomic E-state index is 13.4. The average Bonchev–Trinajstić information content (AvgIpc) is 3.32. The highest BCUT2D eigenvalue weighted by atomic mass is 35.5. The van der Waals surface area contributed by atoms with Gasteiger partial charge in [-0.3, -0.25) is 9.59 Å². The Balaban J connectivity index is 1.44. The Labute approximate surface area is 204 Å². The van der Waals surface area contributed by atoms with Crippen LogP contribution in [0.2, 0.25) is 5.02 Å². The van der Waals surface area contributed by atoms with E-state index in [-0.39, 0.29) is 18.1 Å². The van der Waals surface area contributed by atoms with Crippen molar-refractivity contribution < 1.29 is 19.1 Å². The summed E-state index contributed by atoms with van der Waals surface area (Å²) < 4.78 is 11.1. The Morgan fingerprint density at radius 3 is 2.73 bits per heavy atom. The maximum atomic E-state index is 13.4. The molecule has 9 heteroatoms. The van der Waals surface area contributed by atoms with Crippen molar-refractivity contribution in [1.82, 2.24) is 10.3 Å². The highest BCUT2D eigenvalue weighted by molar-refractivity contribution is 8.01. The number of aromatic nitrogens is 1. The minimum atomic E-state index is -1.05. The Morgan fingerprint density at radius 2 is 2.03 bits per heavy atom. The second-order valence-electron chi connectivity index (χ2n) is 8.05. The van der Waals surface area contributed by atoms with Gasteiger partial charge in [-0.15, -0.1) is 11.8 Å². The molecule has 1 aromatic carbocycles. The third kappa shape index (κ3) is 4.53. The van der Waals surface area contributed by atoms with E-state index in [0.29, 0.717) is 47.2 Å². The summed E-state index contributed by atoms with van der Waals surface area (Å²) in [6.45, 7) is 1.89. The van der Waals surface area contributed by atoms with Gasteiger partial charge in [0.1, 0.15) is 10.8 Å². The molecule has 2 atom stereocenters. The summed E-state index contributed by atoms with van der Waals surface area (Å²) in [5.41, 5.74) is 0.351. The number of hydrogen-bond acceptors (Lipinski definition) is 7. The topological polar surface area (TPSA) is 77.5 Å². The van der Waals surface area contributed by atoms with Gasteiger partial charge >= 0.3 is 0 Å². The summed E-state index contributed by atoms with van der Waals surface area (Å²) in [4.78, 5) is 32.0. The van der Waals surface area contributed by atoms with Crippen LogP contribution in [0.4, 0.5) is 0 Å². The Bertz CT molecular complexity index is 1150. The number of ketones is 1. The SMILES string of the molecule is O=C1CC(c2ccsc2)(c2cccc(OCC3COC3)n2)NC(=O)C1Sc1ccccc1Cl. The zero-order chi connectivity index (χ0) is 22.8. The number of carbonyl (C=O) groups excluding carboxylic acids is 2. The molecule has 1 amide bonds. The predicted molar refractivity (Wildman–Crippen MR) is 128 cm³/mol. The summed E-state index contributed by atoms with van der Waals surface area (Å²) in [6.07, 6.45) is 0.0878. The number of thioether (sulfide) groups is 1. The van der Waals surface area contributed by atoms with Crippen molar-refractivity contribution in [1.29, 1.82) is 0 Å². The average molecular weight is 501 g/mol. The Morgan fingerprint density at radius 1 is 1.18 bits per heavy atom. The van der Waals surface area contributed by atoms with Gasteiger partial charge < -0.3 is 14.8 Å². The van der Waals surface area contributed by atoms with Crippen LogP contribution >= 0.6 is 34.7 Å². The first-order chi connectivity index (χ1) is 16.0. The van der Waals surface area contributed by atoms with E-state index in [9.17, 15) is 9.59 Å². The van der Waals surface area contributed by atoms with E-state index >= 15 is 0 Å². The lowest BCUT2D eigenvalue weighted by Crippen LogP contribution is -2.58. The first-order valence-corrected chi connectivity index (χ1v) is 12.7. The van der Waals surface area contributed by atoms with Crippen LogP contribution in [0.5, 0.6) is 5.88 Å². The van der Waals surface area contributed by atoms with Gasteiger partial charge in [-0.05, 0) is 40.6 Å². The summed E-state index contributed by atoms with van der Waals surface area (Å²) in [5, 5.41) is 6.63. The summed E-state index contributed by atoms with van der Waals surface area (Å²) in [7, 11) is 0. The Hall–Kier alpha value is -2.39. The van der Waals surface area contributed by atoms with Gasteiger partial charge in [0.05, 0.1) is 30.5 Å². The van der Waals surface area contributed by atoms with E-state index < -0.39 is 10.8 Å². The number of rotatable bonds is 7. The van der Waals surface area contributed by atoms with Crippen molar-refractivity contribution in [3.8, 4) is 5.88 Å². The van der Waals surface area contributed by atoms with Crippen LogP contribution in [0.1, 0.15) is 17.7 Å². The first kappa shape index (κ1) is 22.4. The summed E-state index contributed by atoms with van der Waals surface area (Å²) in [6, 6.07) is 14.6. The third-order valence-electron chi connectivity index (χ3n) is 5.74. The number of piperidine rings is 1. The second kappa shape index (κ2) is 9.46. The monoisotopic (exact) mass is 500 g/mol. The van der Waals surface area contributed by atoms with Crippen molar-refractivity contribution in [3.63, 3.8) is 0 Å². The maximum Gasteiger partial charge on any atom is 0.242 e. The molecule has 2 unspecified atom stereocenters. The number of ether oxygens (including phenoxy) is 2. The second-order valence-corrected chi connectivity index (χ2v) is 10.4. The summed E-state index contributed by atoms with van der Waals surface area (Å²) >= 11 is 8.94. The van der Waals surface area contributed by atoms with Crippen LogP contribution in [-0.2, 0) is 19.9 Å². The highest BCUT2D eigenvalue weighted by Gasteiger charge is 2.48. The van der Waals surface area contributed by atoms with Crippen molar-refractivity contribution in [3.05, 3.63) is 75.6 Å². The minimum absolute atomic E-state index is 0.0878. The zero-order valence-electron chi connectivity index (χ0n) is 17.5. The number of Topliss-reactive ketones (excluding diaryl/α,β-unsaturated/α-hetero) is 1. The number of nitrogens with zero attached hydrogens (tertiary/aromatic N) is 1. The van der Waals surface area contributed by atoms with Crippen molar-refractivity contribution in [2.45, 2.75) is 22.1 Å². The third-order valence-corrected chi connectivity index (χ3v) is 8.18.